The van der Waals surface area contributed by atoms with Gasteiger partial charge in [0, 0.05) is 28.0 Å². The molecule has 0 radical (unpaired) electrons. The van der Waals surface area contributed by atoms with Crippen LogP contribution >= 0.6 is 23.1 Å². The van der Waals surface area contributed by atoms with Crippen LogP contribution in [0.4, 0.5) is 33.6 Å². The van der Waals surface area contributed by atoms with Crippen molar-refractivity contribution in [3.8, 4) is 23.4 Å². The predicted octanol–water partition coefficient (Wildman–Crippen LogP) is 10.5. The number of nitrogens with zero attached hydrogens (tertiary/aromatic N) is 10. The molecule has 0 aliphatic rings. The molecule has 0 saturated carbocycles. The van der Waals surface area contributed by atoms with Crippen molar-refractivity contribution in [2.45, 2.75) is 48.3 Å². The molecule has 0 amide bonds. The van der Waals surface area contributed by atoms with E-state index in [0.717, 1.165) is 41.3 Å². The molecule has 5 N–H and O–H groups in total. The molecule has 396 valence electrons. The molecule has 3 aromatic heterocycles. The summed E-state index contributed by atoms with van der Waals surface area (Å²) < 4.78 is 146. The number of methoxy groups -OCH3 is 1. The summed E-state index contributed by atoms with van der Waals surface area (Å²) in [4.78, 5) is 8.15. The number of aromatic nitrogens is 3. The van der Waals surface area contributed by atoms with Gasteiger partial charge < -0.3 is 14.6 Å². The number of imidazole rings is 1. The number of pyridine rings is 1. The molecule has 0 unspecified atom stereocenters. The highest BCUT2D eigenvalue weighted by atomic mass is 32.2. The molecule has 31 heteroatoms. The Morgan fingerprint density at radius 1 is 0.737 bits per heavy atom. The van der Waals surface area contributed by atoms with Crippen molar-refractivity contribution < 1.29 is 66.5 Å². The minimum absolute atomic E-state index is 0.0182. The van der Waals surface area contributed by atoms with E-state index in [4.69, 9.17) is 9.47 Å². The molecular formula is C45H40N10O15S6. The van der Waals surface area contributed by atoms with E-state index in [2.05, 4.69) is 46.7 Å². The van der Waals surface area contributed by atoms with Crippen LogP contribution in [0.25, 0.3) is 37.7 Å². The van der Waals surface area contributed by atoms with Crippen molar-refractivity contribution in [1.29, 1.82) is 5.26 Å². The number of aryl methyl sites for hydroxylation is 2. The lowest BCUT2D eigenvalue weighted by Crippen LogP contribution is -2.08. The van der Waals surface area contributed by atoms with Gasteiger partial charge in [0.1, 0.15) is 39.2 Å². The normalized spacial score (nSPS) is 12.9. The lowest BCUT2D eigenvalue weighted by atomic mass is 10.1. The van der Waals surface area contributed by atoms with Gasteiger partial charge >= 0.3 is 0 Å². The monoisotopic (exact) mass is 1150 g/mol. The number of aromatic hydroxyl groups is 1. The molecule has 76 heavy (non-hydrogen) atoms. The van der Waals surface area contributed by atoms with Crippen LogP contribution in [-0.2, 0) is 40.5 Å². The molecule has 0 bridgehead atoms. The highest BCUT2D eigenvalue weighted by molar-refractivity contribution is 7.99. The number of thiazole rings is 1. The molecule has 0 fully saturated rings. The standard InChI is InChI=1S/C45H40N10O15S6/c1-23-15-34(51-53-40-25(3)30(22-46)43-47-33-18-27(69-4)8-10-36(33)55(43)44(40)56)37(70-11-5-13-73(57,58)59)20-31(23)49-52-35-16-24(2)32(21-38(35)71-12-6-14-74(60,61)62)50-54-45-48-41-39(76(66,67)68)17-26-7-9-28(75(63,64)65)19-29(26)42(41)72-45/h7-10,15-21,56H,5-6,11-14H2,1-4H3,(H,57,58,59)(H,60,61,62)(H,63,64,65)(H,66,67,68). The number of ether oxygens (including phenoxy) is 2. The summed E-state index contributed by atoms with van der Waals surface area (Å²) in [5.41, 5.74) is 2.82. The average molecular weight is 1150 g/mol. The first-order chi connectivity index (χ1) is 35.7. The second-order valence-corrected chi connectivity index (χ2v) is 24.7. The summed E-state index contributed by atoms with van der Waals surface area (Å²) in [6, 6.07) is 17.7. The van der Waals surface area contributed by atoms with E-state index in [-0.39, 0.29) is 108 Å². The maximum absolute atomic E-state index is 12.4. The summed E-state index contributed by atoms with van der Waals surface area (Å²) in [5, 5.41) is 48.3. The molecular weight excluding hydrogens is 1110 g/mol. The van der Waals surface area contributed by atoms with Crippen LogP contribution < -0.4 is 9.47 Å². The Kier molecular flexibility index (Phi) is 15.6. The topological polar surface area (TPSA) is 384 Å². The van der Waals surface area contributed by atoms with Gasteiger partial charge in [-0.15, -0.1) is 37.3 Å². The third-order valence-corrected chi connectivity index (χ3v) is 16.7. The first-order valence-corrected chi connectivity index (χ1v) is 29.8. The van der Waals surface area contributed by atoms with Crippen LogP contribution in [0.2, 0.25) is 0 Å². The Labute approximate surface area is 440 Å². The van der Waals surface area contributed by atoms with Gasteiger partial charge in [-0.2, -0.15) is 44.0 Å². The number of hydrogen-bond donors (Lipinski definition) is 5. The van der Waals surface area contributed by atoms with Crippen molar-refractivity contribution in [2.24, 2.45) is 30.7 Å². The van der Waals surface area contributed by atoms with Crippen molar-refractivity contribution >= 4 is 135 Å². The second kappa shape index (κ2) is 21.5. The summed E-state index contributed by atoms with van der Waals surface area (Å²) in [5.74, 6) is -0.869. The zero-order valence-electron chi connectivity index (χ0n) is 39.8. The Morgan fingerprint density at radius 3 is 2.07 bits per heavy atom. The van der Waals surface area contributed by atoms with Gasteiger partial charge in [0.05, 0.1) is 62.9 Å². The van der Waals surface area contributed by atoms with E-state index in [9.17, 15) is 62.3 Å². The molecule has 0 saturated heterocycles. The van der Waals surface area contributed by atoms with E-state index < -0.39 is 61.8 Å². The number of azo groups is 3. The Morgan fingerprint density at radius 2 is 1.39 bits per heavy atom. The van der Waals surface area contributed by atoms with Crippen molar-refractivity contribution in [3.63, 3.8) is 0 Å². The first kappa shape index (κ1) is 55.1. The maximum atomic E-state index is 12.4. The second-order valence-electron chi connectivity index (χ2n) is 16.6. The lowest BCUT2D eigenvalue weighted by molar-refractivity contribution is 0.317. The minimum Gasteiger partial charge on any atom is -0.497 e. The van der Waals surface area contributed by atoms with E-state index in [1.165, 1.54) is 29.7 Å². The molecule has 0 spiro atoms. The van der Waals surface area contributed by atoms with Crippen molar-refractivity contribution in [1.82, 2.24) is 14.4 Å². The Balaban J connectivity index is 1.17. The quantitative estimate of drug-likeness (QED) is 0.0217. The highest BCUT2D eigenvalue weighted by Crippen LogP contribution is 2.44. The number of fused-ring (bicyclic) bond motifs is 6. The Hall–Kier alpha value is -7.12. The molecule has 25 nitrogen and oxygen atoms in total. The zero-order valence-corrected chi connectivity index (χ0v) is 44.7. The number of rotatable bonds is 19. The van der Waals surface area contributed by atoms with E-state index in [1.807, 2.05) is 0 Å². The van der Waals surface area contributed by atoms with Crippen LogP contribution in [0.15, 0.2) is 112 Å². The molecule has 0 aliphatic carbocycles. The summed E-state index contributed by atoms with van der Waals surface area (Å²) in [6.45, 7) is 4.66. The first-order valence-electron chi connectivity index (χ1n) is 21.9. The van der Waals surface area contributed by atoms with Gasteiger partial charge in [0.25, 0.3) is 40.5 Å². The van der Waals surface area contributed by atoms with Crippen molar-refractivity contribution in [3.05, 3.63) is 89.0 Å². The van der Waals surface area contributed by atoms with Gasteiger partial charge in [-0.05, 0) is 104 Å². The third kappa shape index (κ3) is 12.3. The molecule has 0 aliphatic heterocycles. The zero-order chi connectivity index (χ0) is 55.1. The van der Waals surface area contributed by atoms with Gasteiger partial charge in [0.2, 0.25) is 11.0 Å². The average Bonchev–Trinajstić information content (AvgIpc) is 3.95. The highest BCUT2D eigenvalue weighted by Gasteiger charge is 2.24. The molecule has 8 rings (SSSR count). The Bertz CT molecular complexity index is 4310. The lowest BCUT2D eigenvalue weighted by Gasteiger charge is -2.12. The van der Waals surface area contributed by atoms with Crippen LogP contribution in [-0.4, -0.2) is 102 Å². The summed E-state index contributed by atoms with van der Waals surface area (Å²) in [6.07, 6.45) is -0.119. The van der Waals surface area contributed by atoms with Crippen LogP contribution in [0, 0.1) is 32.1 Å². The molecule has 5 aromatic carbocycles. The van der Waals surface area contributed by atoms with E-state index in [0.29, 0.717) is 32.8 Å². The van der Waals surface area contributed by atoms with Crippen LogP contribution in [0.1, 0.15) is 35.1 Å². The number of hydrogen-bond acceptors (Lipinski definition) is 22. The summed E-state index contributed by atoms with van der Waals surface area (Å²) >= 11 is 1.95. The SMILES string of the molecule is COc1ccc2c(c1)nc1c(C#N)c(C)c(N=Nc3cc(C)c(N=Nc4cc(C)c(N=Nc5nc6c(S(=O)(=O)O)cc7ccc(S(=O)(=O)O)cc7c6s5)cc4SCCCS(=O)(=O)O)cc3OCCCS(=O)(=O)O)c(O)n12. The van der Waals surface area contributed by atoms with E-state index in [1.54, 1.807) is 51.1 Å². The van der Waals surface area contributed by atoms with Gasteiger partial charge in [-0.25, -0.2) is 9.97 Å². The fraction of sp³-hybridized carbons (Fsp3) is 0.222. The third-order valence-electron chi connectivity index (χ3n) is 11.3. The number of nitriles is 1. The fourth-order valence-corrected chi connectivity index (χ4v) is 11.9. The largest absolute Gasteiger partial charge is 0.497 e. The van der Waals surface area contributed by atoms with E-state index >= 15 is 0 Å². The van der Waals surface area contributed by atoms with Gasteiger partial charge in [-0.3, -0.25) is 22.6 Å². The minimum atomic E-state index is -4.86. The summed E-state index contributed by atoms with van der Waals surface area (Å²) in [7, 11) is -16.7. The van der Waals surface area contributed by atoms with Crippen LogP contribution in [0.5, 0.6) is 17.4 Å². The van der Waals surface area contributed by atoms with Crippen LogP contribution in [0.3, 0.4) is 0 Å². The molecule has 0 atom stereocenters. The predicted molar refractivity (Wildman–Crippen MR) is 280 cm³/mol. The molecule has 3 heterocycles. The number of benzene rings is 5. The number of thioether (sulfide) groups is 1. The smallest absolute Gasteiger partial charge is 0.296 e. The van der Waals surface area contributed by atoms with Crippen molar-refractivity contribution in [2.75, 3.05) is 31.0 Å². The molecule has 8 aromatic rings. The maximum Gasteiger partial charge on any atom is 0.296 e. The van der Waals surface area contributed by atoms with Gasteiger partial charge in [-0.1, -0.05) is 17.4 Å². The van der Waals surface area contributed by atoms with Gasteiger partial charge in [0.15, 0.2) is 11.3 Å². The fourth-order valence-electron chi connectivity index (χ4n) is 7.59.